The smallest absolute Gasteiger partial charge is 0.292 e. The van der Waals surface area contributed by atoms with Gasteiger partial charge in [0.25, 0.3) is 5.91 Å². The molecule has 1 fully saturated rings. The van der Waals surface area contributed by atoms with E-state index in [2.05, 4.69) is 0 Å². The van der Waals surface area contributed by atoms with Crippen molar-refractivity contribution in [3.63, 3.8) is 0 Å². The lowest BCUT2D eigenvalue weighted by Crippen LogP contribution is -2.41. The molecule has 0 aromatic carbocycles. The van der Waals surface area contributed by atoms with Gasteiger partial charge in [0, 0.05) is 19.1 Å². The molecule has 2 aliphatic heterocycles. The van der Waals surface area contributed by atoms with Gasteiger partial charge in [-0.25, -0.2) is 0 Å². The molecule has 1 atom stereocenters. The summed E-state index contributed by atoms with van der Waals surface area (Å²) >= 11 is 0. The zero-order chi connectivity index (χ0) is 10.7. The van der Waals surface area contributed by atoms with Crippen LogP contribution in [0.15, 0.2) is 12.0 Å². The molecule has 0 aromatic rings. The van der Waals surface area contributed by atoms with E-state index >= 15 is 0 Å². The Morgan fingerprint density at radius 2 is 2.47 bits per heavy atom. The fraction of sp³-hybridized carbons (Fsp3) is 0.700. The number of rotatable bonds is 2. The number of carbonyl (C=O) groups is 1. The minimum atomic E-state index is -0.0948. The highest BCUT2D eigenvalue weighted by Crippen LogP contribution is 2.20. The molecule has 84 valence electrons. The van der Waals surface area contributed by atoms with Crippen molar-refractivity contribution in [3.8, 4) is 0 Å². The van der Waals surface area contributed by atoms with Gasteiger partial charge in [-0.1, -0.05) is 0 Å². The second-order valence-electron chi connectivity index (χ2n) is 3.73. The summed E-state index contributed by atoms with van der Waals surface area (Å²) in [5, 5.41) is 0. The quantitative estimate of drug-likeness (QED) is 0.690. The van der Waals surface area contributed by atoms with E-state index in [1.807, 2.05) is 0 Å². The lowest BCUT2D eigenvalue weighted by molar-refractivity contribution is -0.132. The van der Waals surface area contributed by atoms with Crippen molar-refractivity contribution in [2.24, 2.45) is 5.73 Å². The van der Waals surface area contributed by atoms with Gasteiger partial charge in [0.2, 0.25) is 5.76 Å². The van der Waals surface area contributed by atoms with Crippen LogP contribution in [0.5, 0.6) is 0 Å². The summed E-state index contributed by atoms with van der Waals surface area (Å²) in [4.78, 5) is 13.7. The van der Waals surface area contributed by atoms with Gasteiger partial charge in [0.15, 0.2) is 0 Å². The van der Waals surface area contributed by atoms with Crippen LogP contribution in [0.25, 0.3) is 0 Å². The van der Waals surface area contributed by atoms with Crippen LogP contribution < -0.4 is 5.73 Å². The lowest BCUT2D eigenvalue weighted by atomic mass is 10.2. The zero-order valence-electron chi connectivity index (χ0n) is 8.65. The van der Waals surface area contributed by atoms with E-state index in [4.69, 9.17) is 15.2 Å². The molecule has 1 amide bonds. The molecule has 0 bridgehead atoms. The maximum absolute atomic E-state index is 12.0. The van der Waals surface area contributed by atoms with Crippen LogP contribution in [0.4, 0.5) is 0 Å². The maximum atomic E-state index is 12.0. The molecule has 0 aliphatic carbocycles. The van der Waals surface area contributed by atoms with Gasteiger partial charge >= 0.3 is 0 Å². The molecule has 0 aromatic heterocycles. The predicted octanol–water partition coefficient (Wildman–Crippen LogP) is -0.176. The summed E-state index contributed by atoms with van der Waals surface area (Å²) in [6.07, 6.45) is 3.40. The standard InChI is InChI=1S/C10H16N2O3/c11-6-8-2-1-3-12(8)10(13)9-7-14-4-5-15-9/h7-8H,1-6,11H2. The normalized spacial score (nSPS) is 25.5. The largest absolute Gasteiger partial charge is 0.494 e. The van der Waals surface area contributed by atoms with Gasteiger partial charge in [-0.05, 0) is 12.8 Å². The molecule has 2 rings (SSSR count). The predicted molar refractivity (Wildman–Crippen MR) is 53.8 cm³/mol. The molecule has 2 N–H and O–H groups in total. The highest BCUT2D eigenvalue weighted by atomic mass is 16.6. The number of ether oxygens (including phenoxy) is 2. The summed E-state index contributed by atoms with van der Waals surface area (Å²) in [5.74, 6) is 0.212. The van der Waals surface area contributed by atoms with Crippen molar-refractivity contribution >= 4 is 5.91 Å². The third kappa shape index (κ3) is 2.07. The SMILES string of the molecule is NCC1CCCN1C(=O)C1=COCCO1. The molecule has 2 heterocycles. The number of hydrogen-bond donors (Lipinski definition) is 1. The third-order valence-corrected chi connectivity index (χ3v) is 2.77. The Morgan fingerprint density at radius 3 is 3.13 bits per heavy atom. The monoisotopic (exact) mass is 212 g/mol. The summed E-state index contributed by atoms with van der Waals surface area (Å²) in [5.41, 5.74) is 5.61. The van der Waals surface area contributed by atoms with Crippen molar-refractivity contribution in [1.82, 2.24) is 4.90 Å². The number of nitrogens with zero attached hydrogens (tertiary/aromatic N) is 1. The van der Waals surface area contributed by atoms with Gasteiger partial charge in [-0.3, -0.25) is 4.79 Å². The van der Waals surface area contributed by atoms with Crippen molar-refractivity contribution < 1.29 is 14.3 Å². The average Bonchev–Trinajstić information content (AvgIpc) is 2.77. The maximum Gasteiger partial charge on any atom is 0.292 e. The van der Waals surface area contributed by atoms with E-state index in [0.29, 0.717) is 25.5 Å². The van der Waals surface area contributed by atoms with Gasteiger partial charge in [-0.15, -0.1) is 0 Å². The Morgan fingerprint density at radius 1 is 1.60 bits per heavy atom. The molecular weight excluding hydrogens is 196 g/mol. The first kappa shape index (κ1) is 10.3. The second-order valence-corrected chi connectivity index (χ2v) is 3.73. The third-order valence-electron chi connectivity index (χ3n) is 2.77. The highest BCUT2D eigenvalue weighted by Gasteiger charge is 2.31. The Labute approximate surface area is 88.8 Å². The van der Waals surface area contributed by atoms with E-state index in [0.717, 1.165) is 19.4 Å². The Bertz CT molecular complexity index is 278. The Hall–Kier alpha value is -1.23. The van der Waals surface area contributed by atoms with E-state index in [1.165, 1.54) is 6.26 Å². The number of nitrogens with two attached hydrogens (primary N) is 1. The highest BCUT2D eigenvalue weighted by molar-refractivity contribution is 5.91. The van der Waals surface area contributed by atoms with Crippen molar-refractivity contribution in [1.29, 1.82) is 0 Å². The van der Waals surface area contributed by atoms with Crippen molar-refractivity contribution in [2.45, 2.75) is 18.9 Å². The van der Waals surface area contributed by atoms with Crippen LogP contribution in [0.3, 0.4) is 0 Å². The minimum absolute atomic E-state index is 0.0948. The molecule has 5 nitrogen and oxygen atoms in total. The van der Waals surface area contributed by atoms with Crippen molar-refractivity contribution in [3.05, 3.63) is 12.0 Å². The molecule has 1 unspecified atom stereocenters. The van der Waals surface area contributed by atoms with Gasteiger partial charge in [0.05, 0.1) is 0 Å². The molecule has 0 radical (unpaired) electrons. The topological polar surface area (TPSA) is 64.8 Å². The molecule has 15 heavy (non-hydrogen) atoms. The van der Waals surface area contributed by atoms with E-state index < -0.39 is 0 Å². The second kappa shape index (κ2) is 4.53. The first-order valence-corrected chi connectivity index (χ1v) is 5.28. The average molecular weight is 212 g/mol. The first-order valence-electron chi connectivity index (χ1n) is 5.28. The first-order chi connectivity index (χ1) is 7.33. The minimum Gasteiger partial charge on any atom is -0.494 e. The summed E-state index contributed by atoms with van der Waals surface area (Å²) in [6.45, 7) is 2.23. The van der Waals surface area contributed by atoms with Gasteiger partial charge in [-0.2, -0.15) is 0 Å². The lowest BCUT2D eigenvalue weighted by Gasteiger charge is -2.25. The molecule has 5 heteroatoms. The van der Waals surface area contributed by atoms with E-state index in [-0.39, 0.29) is 11.9 Å². The van der Waals surface area contributed by atoms with E-state index in [1.54, 1.807) is 4.90 Å². The fourth-order valence-corrected chi connectivity index (χ4v) is 1.97. The molecule has 1 saturated heterocycles. The van der Waals surface area contributed by atoms with Gasteiger partial charge < -0.3 is 20.1 Å². The summed E-state index contributed by atoms with van der Waals surface area (Å²) in [6, 6.07) is 0.156. The Kier molecular flexibility index (Phi) is 3.11. The number of hydrogen-bond acceptors (Lipinski definition) is 4. The van der Waals surface area contributed by atoms with Crippen LogP contribution in [-0.2, 0) is 14.3 Å². The van der Waals surface area contributed by atoms with Gasteiger partial charge in [0.1, 0.15) is 19.5 Å². The molecule has 2 aliphatic rings. The van der Waals surface area contributed by atoms with Crippen LogP contribution in [0, 0.1) is 0 Å². The number of amides is 1. The van der Waals surface area contributed by atoms with Crippen LogP contribution in [-0.4, -0.2) is 43.2 Å². The van der Waals surface area contributed by atoms with Crippen LogP contribution >= 0.6 is 0 Å². The Balaban J connectivity index is 2.03. The fourth-order valence-electron chi connectivity index (χ4n) is 1.97. The summed E-state index contributed by atoms with van der Waals surface area (Å²) in [7, 11) is 0. The van der Waals surface area contributed by atoms with Crippen LogP contribution in [0.2, 0.25) is 0 Å². The van der Waals surface area contributed by atoms with Crippen LogP contribution in [0.1, 0.15) is 12.8 Å². The molecular formula is C10H16N2O3. The van der Waals surface area contributed by atoms with E-state index in [9.17, 15) is 4.79 Å². The number of carbonyl (C=O) groups excluding carboxylic acids is 1. The molecule has 0 saturated carbocycles. The summed E-state index contributed by atoms with van der Waals surface area (Å²) < 4.78 is 10.3. The van der Waals surface area contributed by atoms with Crippen molar-refractivity contribution in [2.75, 3.05) is 26.3 Å². The number of likely N-dealkylation sites (tertiary alicyclic amines) is 1. The molecule has 0 spiro atoms. The zero-order valence-corrected chi connectivity index (χ0v) is 8.65.